The molecule has 0 radical (unpaired) electrons. The van der Waals surface area contributed by atoms with Gasteiger partial charge in [0.15, 0.2) is 5.78 Å². The van der Waals surface area contributed by atoms with Gasteiger partial charge in [-0.05, 0) is 30.2 Å². The number of benzene rings is 3. The zero-order valence-electron chi connectivity index (χ0n) is 16.6. The van der Waals surface area contributed by atoms with E-state index in [1.165, 1.54) is 0 Å². The number of carbonyl (C=O) groups is 2. The van der Waals surface area contributed by atoms with Crippen molar-refractivity contribution in [3.8, 4) is 5.75 Å². The van der Waals surface area contributed by atoms with Crippen molar-refractivity contribution in [1.29, 1.82) is 0 Å². The molecule has 0 saturated carbocycles. The number of ketones is 1. The number of hydrogen-bond donors (Lipinski definition) is 2. The van der Waals surface area contributed by atoms with Crippen molar-refractivity contribution in [3.63, 3.8) is 0 Å². The molecule has 0 spiro atoms. The summed E-state index contributed by atoms with van der Waals surface area (Å²) in [4.78, 5) is 25.4. The highest BCUT2D eigenvalue weighted by atomic mass is 16.5. The van der Waals surface area contributed by atoms with Gasteiger partial charge in [-0.2, -0.15) is 0 Å². The fourth-order valence-corrected chi connectivity index (χ4v) is 3.51. The van der Waals surface area contributed by atoms with Crippen LogP contribution in [0.4, 0.5) is 4.79 Å². The molecule has 1 heterocycles. The van der Waals surface area contributed by atoms with Crippen molar-refractivity contribution in [3.05, 3.63) is 113 Å². The zero-order valence-corrected chi connectivity index (χ0v) is 16.6. The first kappa shape index (κ1) is 19.5. The Kier molecular flexibility index (Phi) is 5.61. The lowest BCUT2D eigenvalue weighted by atomic mass is 9.89. The van der Waals surface area contributed by atoms with Crippen LogP contribution in [-0.4, -0.2) is 11.8 Å². The SMILES string of the molecule is CC1=C(C(=O)c2ccccc2)C(c2cccc(OCc3ccccc3)c2)NC(=O)N1. The van der Waals surface area contributed by atoms with Gasteiger partial charge in [-0.15, -0.1) is 0 Å². The molecule has 0 bridgehead atoms. The maximum atomic E-state index is 13.2. The summed E-state index contributed by atoms with van der Waals surface area (Å²) in [7, 11) is 0. The number of amides is 2. The van der Waals surface area contributed by atoms with Gasteiger partial charge in [-0.25, -0.2) is 4.79 Å². The fourth-order valence-electron chi connectivity index (χ4n) is 3.51. The summed E-state index contributed by atoms with van der Waals surface area (Å²) in [6.07, 6.45) is 0. The molecule has 0 aromatic heterocycles. The topological polar surface area (TPSA) is 67.4 Å². The van der Waals surface area contributed by atoms with Crippen molar-refractivity contribution in [2.24, 2.45) is 0 Å². The zero-order chi connectivity index (χ0) is 20.9. The Morgan fingerprint density at radius 2 is 1.63 bits per heavy atom. The number of urea groups is 1. The van der Waals surface area contributed by atoms with E-state index in [2.05, 4.69) is 10.6 Å². The molecule has 2 N–H and O–H groups in total. The second-order valence-corrected chi connectivity index (χ2v) is 7.11. The normalized spacial score (nSPS) is 15.9. The number of hydrogen-bond acceptors (Lipinski definition) is 3. The van der Waals surface area contributed by atoms with Gasteiger partial charge < -0.3 is 15.4 Å². The third kappa shape index (κ3) is 4.25. The van der Waals surface area contributed by atoms with E-state index in [0.29, 0.717) is 29.2 Å². The monoisotopic (exact) mass is 398 g/mol. The summed E-state index contributed by atoms with van der Waals surface area (Å²) in [5.41, 5.74) is 3.49. The molecule has 2 amide bonds. The summed E-state index contributed by atoms with van der Waals surface area (Å²) in [6.45, 7) is 2.19. The van der Waals surface area contributed by atoms with Gasteiger partial charge in [-0.3, -0.25) is 4.79 Å². The highest BCUT2D eigenvalue weighted by Gasteiger charge is 2.31. The maximum absolute atomic E-state index is 13.2. The Bertz CT molecular complexity index is 1090. The summed E-state index contributed by atoms with van der Waals surface area (Å²) < 4.78 is 5.93. The molecule has 1 aliphatic rings. The molecular formula is C25H22N2O3. The van der Waals surface area contributed by atoms with E-state index in [-0.39, 0.29) is 11.8 Å². The van der Waals surface area contributed by atoms with Crippen molar-refractivity contribution < 1.29 is 14.3 Å². The third-order valence-corrected chi connectivity index (χ3v) is 4.99. The van der Waals surface area contributed by atoms with E-state index >= 15 is 0 Å². The molecule has 4 rings (SSSR count). The summed E-state index contributed by atoms with van der Waals surface area (Å²) in [6, 6.07) is 25.5. The van der Waals surface area contributed by atoms with E-state index in [4.69, 9.17) is 4.74 Å². The molecule has 3 aromatic carbocycles. The first-order valence-corrected chi connectivity index (χ1v) is 9.76. The molecule has 0 saturated heterocycles. The predicted octanol–water partition coefficient (Wildman–Crippen LogP) is 4.78. The van der Waals surface area contributed by atoms with Crippen LogP contribution in [0.3, 0.4) is 0 Å². The average Bonchev–Trinajstić information content (AvgIpc) is 2.78. The van der Waals surface area contributed by atoms with Crippen molar-refractivity contribution in [2.45, 2.75) is 19.6 Å². The summed E-state index contributed by atoms with van der Waals surface area (Å²) >= 11 is 0. The number of rotatable bonds is 6. The molecule has 5 heteroatoms. The largest absolute Gasteiger partial charge is 0.489 e. The van der Waals surface area contributed by atoms with Gasteiger partial charge in [0, 0.05) is 16.8 Å². The van der Waals surface area contributed by atoms with Crippen LogP contribution in [0, 0.1) is 0 Å². The lowest BCUT2D eigenvalue weighted by Gasteiger charge is -2.29. The van der Waals surface area contributed by atoms with Crippen LogP contribution >= 0.6 is 0 Å². The standard InChI is InChI=1S/C25H22N2O3/c1-17-22(24(28)19-11-6-3-7-12-19)23(27-25(29)26-17)20-13-8-14-21(15-20)30-16-18-9-4-2-5-10-18/h2-15,23H,16H2,1H3,(H2,26,27,29). The molecule has 1 unspecified atom stereocenters. The Hall–Kier alpha value is -3.86. The average molecular weight is 398 g/mol. The Morgan fingerprint density at radius 3 is 2.37 bits per heavy atom. The van der Waals surface area contributed by atoms with Crippen LogP contribution < -0.4 is 15.4 Å². The summed E-state index contributed by atoms with van der Waals surface area (Å²) in [5, 5.41) is 5.60. The molecule has 0 fully saturated rings. The number of carbonyl (C=O) groups excluding carboxylic acids is 2. The van der Waals surface area contributed by atoms with E-state index in [9.17, 15) is 9.59 Å². The molecular weight excluding hydrogens is 376 g/mol. The first-order valence-electron chi connectivity index (χ1n) is 9.76. The van der Waals surface area contributed by atoms with Gasteiger partial charge in [0.2, 0.25) is 0 Å². The molecule has 150 valence electrons. The minimum atomic E-state index is -0.563. The second kappa shape index (κ2) is 8.66. The molecule has 3 aromatic rings. The lowest BCUT2D eigenvalue weighted by Crippen LogP contribution is -2.45. The molecule has 5 nitrogen and oxygen atoms in total. The third-order valence-electron chi connectivity index (χ3n) is 4.99. The second-order valence-electron chi connectivity index (χ2n) is 7.11. The molecule has 1 aliphatic heterocycles. The van der Waals surface area contributed by atoms with Crippen LogP contribution in [0.1, 0.15) is 34.5 Å². The van der Waals surface area contributed by atoms with Gasteiger partial charge in [-0.1, -0.05) is 72.8 Å². The highest BCUT2D eigenvalue weighted by molar-refractivity contribution is 6.11. The number of ether oxygens (including phenoxy) is 1. The smallest absolute Gasteiger partial charge is 0.319 e. The number of Topliss-reactive ketones (excluding diaryl/α,β-unsaturated/α-hetero) is 1. The van der Waals surface area contributed by atoms with Gasteiger partial charge in [0.05, 0.1) is 6.04 Å². The Labute approximate surface area is 175 Å². The van der Waals surface area contributed by atoms with E-state index in [1.54, 1.807) is 19.1 Å². The molecule has 0 aliphatic carbocycles. The first-order chi connectivity index (χ1) is 14.6. The number of allylic oxidation sites excluding steroid dienone is 1. The van der Waals surface area contributed by atoms with Gasteiger partial charge in [0.1, 0.15) is 12.4 Å². The minimum Gasteiger partial charge on any atom is -0.489 e. The highest BCUT2D eigenvalue weighted by Crippen LogP contribution is 2.31. The van der Waals surface area contributed by atoms with Crippen molar-refractivity contribution in [1.82, 2.24) is 10.6 Å². The lowest BCUT2D eigenvalue weighted by molar-refractivity contribution is 0.102. The van der Waals surface area contributed by atoms with Crippen LogP contribution in [0.25, 0.3) is 0 Å². The van der Waals surface area contributed by atoms with Crippen molar-refractivity contribution in [2.75, 3.05) is 0 Å². The number of nitrogens with one attached hydrogen (secondary N) is 2. The fraction of sp³-hybridized carbons (Fsp3) is 0.120. The quantitative estimate of drug-likeness (QED) is 0.588. The van der Waals surface area contributed by atoms with Crippen LogP contribution in [-0.2, 0) is 6.61 Å². The van der Waals surface area contributed by atoms with E-state index < -0.39 is 6.04 Å². The molecule has 1 atom stereocenters. The Balaban J connectivity index is 1.63. The van der Waals surface area contributed by atoms with Gasteiger partial charge >= 0.3 is 6.03 Å². The Morgan fingerprint density at radius 1 is 0.933 bits per heavy atom. The van der Waals surface area contributed by atoms with Crippen LogP contribution in [0.5, 0.6) is 5.75 Å². The van der Waals surface area contributed by atoms with Crippen molar-refractivity contribution >= 4 is 11.8 Å². The predicted molar refractivity (Wildman–Crippen MR) is 115 cm³/mol. The maximum Gasteiger partial charge on any atom is 0.319 e. The molecule has 30 heavy (non-hydrogen) atoms. The van der Waals surface area contributed by atoms with E-state index in [1.807, 2.05) is 72.8 Å². The van der Waals surface area contributed by atoms with Crippen LogP contribution in [0.15, 0.2) is 96.2 Å². The minimum absolute atomic E-state index is 0.124. The van der Waals surface area contributed by atoms with Gasteiger partial charge in [0.25, 0.3) is 0 Å². The van der Waals surface area contributed by atoms with Crippen LogP contribution in [0.2, 0.25) is 0 Å². The summed E-state index contributed by atoms with van der Waals surface area (Å²) in [5.74, 6) is 0.550. The van der Waals surface area contributed by atoms with E-state index in [0.717, 1.165) is 11.1 Å².